The monoisotopic (exact) mass is 321 g/mol. The van der Waals surface area contributed by atoms with Gasteiger partial charge >= 0.3 is 11.7 Å². The summed E-state index contributed by atoms with van der Waals surface area (Å²) in [7, 11) is 2.94. The molecule has 8 heteroatoms. The van der Waals surface area contributed by atoms with Crippen molar-refractivity contribution < 1.29 is 14.3 Å². The van der Waals surface area contributed by atoms with E-state index in [0.29, 0.717) is 12.2 Å². The lowest BCUT2D eigenvalue weighted by Crippen LogP contribution is -2.41. The minimum atomic E-state index is -0.648. The summed E-state index contributed by atoms with van der Waals surface area (Å²) in [4.78, 5) is 40.9. The van der Waals surface area contributed by atoms with Crippen molar-refractivity contribution >= 4 is 17.0 Å². The molecule has 8 nitrogen and oxygen atoms in total. The number of carbonyl (C=O) groups is 1. The van der Waals surface area contributed by atoms with Gasteiger partial charge in [-0.3, -0.25) is 14.2 Å². The molecule has 2 heterocycles. The Morgan fingerprint density at radius 2 is 2.00 bits per heavy atom. The van der Waals surface area contributed by atoms with Gasteiger partial charge in [0.1, 0.15) is 17.7 Å². The Bertz CT molecular complexity index is 866. The Hall–Kier alpha value is -2.64. The van der Waals surface area contributed by atoms with Crippen LogP contribution in [-0.4, -0.2) is 33.8 Å². The van der Waals surface area contributed by atoms with Crippen molar-refractivity contribution in [3.05, 3.63) is 32.6 Å². The van der Waals surface area contributed by atoms with Gasteiger partial charge in [0, 0.05) is 18.8 Å². The lowest BCUT2D eigenvalue weighted by molar-refractivity contribution is -0.143. The van der Waals surface area contributed by atoms with Gasteiger partial charge in [-0.2, -0.15) is 0 Å². The Kier molecular flexibility index (Phi) is 4.83. The third-order valence-electron chi connectivity index (χ3n) is 3.56. The lowest BCUT2D eigenvalue weighted by Gasteiger charge is -2.14. The number of pyridine rings is 1. The van der Waals surface area contributed by atoms with E-state index in [4.69, 9.17) is 9.47 Å². The number of aryl methyl sites for hydroxylation is 2. The van der Waals surface area contributed by atoms with E-state index in [0.717, 1.165) is 10.1 Å². The van der Waals surface area contributed by atoms with E-state index in [2.05, 4.69) is 4.98 Å². The smallest absolute Gasteiger partial charge is 0.332 e. The fourth-order valence-electron chi connectivity index (χ4n) is 2.43. The average molecular weight is 321 g/mol. The number of fused-ring (bicyclic) bond motifs is 1. The first-order valence-electron chi connectivity index (χ1n) is 7.27. The Balaban J connectivity index is 2.83. The number of rotatable bonds is 5. The molecule has 0 aromatic carbocycles. The predicted molar refractivity (Wildman–Crippen MR) is 83.8 cm³/mol. The highest BCUT2D eigenvalue weighted by atomic mass is 16.5. The van der Waals surface area contributed by atoms with Gasteiger partial charge in [-0.1, -0.05) is 6.92 Å². The molecular weight excluding hydrogens is 302 g/mol. The molecule has 0 aliphatic heterocycles. The van der Waals surface area contributed by atoms with Gasteiger partial charge in [-0.25, -0.2) is 14.3 Å². The first-order chi connectivity index (χ1) is 11.0. The molecule has 0 aliphatic carbocycles. The van der Waals surface area contributed by atoms with Gasteiger partial charge in [0.05, 0.1) is 13.7 Å². The third kappa shape index (κ3) is 2.84. The maximum absolute atomic E-state index is 12.7. The van der Waals surface area contributed by atoms with Crippen LogP contribution in [0.5, 0.6) is 5.75 Å². The van der Waals surface area contributed by atoms with E-state index in [9.17, 15) is 14.4 Å². The second kappa shape index (κ2) is 6.64. The van der Waals surface area contributed by atoms with Crippen LogP contribution in [0.25, 0.3) is 11.0 Å². The minimum absolute atomic E-state index is 0.173. The van der Waals surface area contributed by atoms with Crippen LogP contribution in [0.2, 0.25) is 0 Å². The fraction of sp³-hybridized carbons (Fsp3) is 0.467. The van der Waals surface area contributed by atoms with Crippen molar-refractivity contribution in [1.29, 1.82) is 0 Å². The number of ether oxygens (including phenoxy) is 2. The quantitative estimate of drug-likeness (QED) is 0.732. The summed E-state index contributed by atoms with van der Waals surface area (Å²) in [5.41, 5.74) is -0.280. The van der Waals surface area contributed by atoms with Crippen LogP contribution in [0.15, 0.2) is 15.8 Å². The van der Waals surface area contributed by atoms with Crippen molar-refractivity contribution in [1.82, 2.24) is 14.1 Å². The highest BCUT2D eigenvalue weighted by Crippen LogP contribution is 2.24. The topological polar surface area (TPSA) is 92.4 Å². The first-order valence-corrected chi connectivity index (χ1v) is 7.27. The Morgan fingerprint density at radius 1 is 1.30 bits per heavy atom. The molecule has 0 saturated carbocycles. The highest BCUT2D eigenvalue weighted by Gasteiger charge is 2.20. The summed E-state index contributed by atoms with van der Waals surface area (Å²) in [6, 6.07) is 0. The summed E-state index contributed by atoms with van der Waals surface area (Å²) >= 11 is 0. The molecule has 0 radical (unpaired) electrons. The molecule has 0 unspecified atom stereocenters. The van der Waals surface area contributed by atoms with Gasteiger partial charge in [0.15, 0.2) is 5.65 Å². The van der Waals surface area contributed by atoms with Gasteiger partial charge < -0.3 is 9.47 Å². The summed E-state index contributed by atoms with van der Waals surface area (Å²) in [5, 5.41) is 0.179. The summed E-state index contributed by atoms with van der Waals surface area (Å²) in [6.07, 6.45) is 2.20. The maximum atomic E-state index is 12.7. The van der Waals surface area contributed by atoms with E-state index in [1.807, 2.05) is 6.92 Å². The van der Waals surface area contributed by atoms with Crippen molar-refractivity contribution in [3.8, 4) is 5.75 Å². The number of aromatic nitrogens is 3. The average Bonchev–Trinajstić information content (AvgIpc) is 2.55. The maximum Gasteiger partial charge on any atom is 0.332 e. The Morgan fingerprint density at radius 3 is 2.57 bits per heavy atom. The standard InChI is InChI=1S/C15H19N3O5/c1-5-9-7-16-13-11(12(9)22-4)14(20)18(15(21)17(13)3)8-10(19)23-6-2/h7H,5-6,8H2,1-4H3. The molecule has 2 aromatic rings. The largest absolute Gasteiger partial charge is 0.495 e. The third-order valence-corrected chi connectivity index (χ3v) is 3.56. The van der Waals surface area contributed by atoms with Crippen molar-refractivity contribution in [2.75, 3.05) is 13.7 Å². The highest BCUT2D eigenvalue weighted by molar-refractivity contribution is 5.83. The molecule has 2 rings (SSSR count). The summed E-state index contributed by atoms with van der Waals surface area (Å²) < 4.78 is 12.2. The molecule has 23 heavy (non-hydrogen) atoms. The zero-order chi connectivity index (χ0) is 17.1. The van der Waals surface area contributed by atoms with Crippen LogP contribution < -0.4 is 16.0 Å². The zero-order valence-electron chi connectivity index (χ0n) is 13.6. The molecule has 0 amide bonds. The van der Waals surface area contributed by atoms with E-state index >= 15 is 0 Å². The molecule has 0 saturated heterocycles. The molecular formula is C15H19N3O5. The molecule has 0 atom stereocenters. The first kappa shape index (κ1) is 16.7. The SMILES string of the molecule is CCOC(=O)Cn1c(=O)c2c(OC)c(CC)cnc2n(C)c1=O. The number of hydrogen-bond acceptors (Lipinski definition) is 6. The molecule has 0 fully saturated rings. The van der Waals surface area contributed by atoms with Crippen LogP contribution in [0, 0.1) is 0 Å². The number of hydrogen-bond donors (Lipinski definition) is 0. The van der Waals surface area contributed by atoms with Gasteiger partial charge in [0.25, 0.3) is 5.56 Å². The zero-order valence-corrected chi connectivity index (χ0v) is 13.6. The lowest BCUT2D eigenvalue weighted by atomic mass is 10.1. The van der Waals surface area contributed by atoms with Crippen molar-refractivity contribution in [3.63, 3.8) is 0 Å². The van der Waals surface area contributed by atoms with Gasteiger partial charge in [-0.05, 0) is 13.3 Å². The van der Waals surface area contributed by atoms with Crippen LogP contribution in [0.3, 0.4) is 0 Å². The van der Waals surface area contributed by atoms with Crippen LogP contribution in [0.4, 0.5) is 0 Å². The van der Waals surface area contributed by atoms with Crippen molar-refractivity contribution in [2.24, 2.45) is 7.05 Å². The predicted octanol–water partition coefficient (Wildman–Crippen LogP) is 0.229. The summed E-state index contributed by atoms with van der Waals surface area (Å²) in [5.74, 6) is -0.277. The number of esters is 1. The second-order valence-corrected chi connectivity index (χ2v) is 4.91. The second-order valence-electron chi connectivity index (χ2n) is 4.91. The van der Waals surface area contributed by atoms with Gasteiger partial charge in [0.2, 0.25) is 0 Å². The van der Waals surface area contributed by atoms with Crippen LogP contribution in [-0.2, 0) is 29.5 Å². The van der Waals surface area contributed by atoms with Crippen LogP contribution >= 0.6 is 0 Å². The van der Waals surface area contributed by atoms with Gasteiger partial charge in [-0.15, -0.1) is 0 Å². The van der Waals surface area contributed by atoms with E-state index in [1.54, 1.807) is 13.1 Å². The molecule has 0 aliphatic rings. The number of carbonyl (C=O) groups excluding carboxylic acids is 1. The number of nitrogens with zero attached hydrogens (tertiary/aromatic N) is 3. The number of methoxy groups -OCH3 is 1. The fourth-order valence-corrected chi connectivity index (χ4v) is 2.43. The summed E-state index contributed by atoms with van der Waals surface area (Å²) in [6.45, 7) is 3.28. The molecule has 124 valence electrons. The normalized spacial score (nSPS) is 10.8. The molecule has 0 spiro atoms. The molecule has 0 bridgehead atoms. The van der Waals surface area contributed by atoms with E-state index in [-0.39, 0.29) is 17.6 Å². The molecule has 2 aromatic heterocycles. The van der Waals surface area contributed by atoms with E-state index < -0.39 is 23.8 Å². The Labute approximate surface area is 132 Å². The van der Waals surface area contributed by atoms with E-state index in [1.165, 1.54) is 18.7 Å². The van der Waals surface area contributed by atoms with Crippen molar-refractivity contribution in [2.45, 2.75) is 26.8 Å². The minimum Gasteiger partial charge on any atom is -0.495 e. The van der Waals surface area contributed by atoms with Crippen LogP contribution in [0.1, 0.15) is 19.4 Å². The molecule has 0 N–H and O–H groups in total.